The predicted molar refractivity (Wildman–Crippen MR) is 271 cm³/mol. The normalized spacial score (nSPS) is 46.7. The fraction of sp³-hybridized carbons (Fsp3) is 0.698. The van der Waals surface area contributed by atoms with Gasteiger partial charge in [0.05, 0.1) is 92.1 Å². The van der Waals surface area contributed by atoms with Crippen molar-refractivity contribution in [3.63, 3.8) is 0 Å². The van der Waals surface area contributed by atoms with Crippen molar-refractivity contribution in [3.05, 3.63) is 85.1 Å². The number of ether oxygens (including phenoxy) is 5. The molecule has 24 atom stereocenters. The number of esters is 1. The molecular weight excluding hydrogens is 1000 g/mol. The van der Waals surface area contributed by atoms with Gasteiger partial charge in [-0.3, -0.25) is 9.59 Å². The van der Waals surface area contributed by atoms with Crippen molar-refractivity contribution in [2.24, 2.45) is 23.5 Å². The first-order valence-corrected chi connectivity index (χ1v) is 25.9. The molecule has 3 saturated heterocycles. The summed E-state index contributed by atoms with van der Waals surface area (Å²) < 4.78 is 28.8. The molecule has 4 heterocycles. The Morgan fingerprint density at radius 3 is 1.86 bits per heavy atom. The van der Waals surface area contributed by atoms with Crippen LogP contribution < -0.4 is 11.1 Å². The second kappa shape index (κ2) is 31.2. The number of fused-ring (bicyclic) bond motifs is 2. The maximum Gasteiger partial charge on any atom is 0.308 e. The van der Waals surface area contributed by atoms with Crippen LogP contribution in [0, 0.1) is 17.8 Å². The summed E-state index contributed by atoms with van der Waals surface area (Å²) >= 11 is 0. The van der Waals surface area contributed by atoms with Gasteiger partial charge < -0.3 is 106 Å². The molecule has 4 rings (SSSR count). The number of carbonyl (C=O) groups excluding carboxylic acids is 2. The molecule has 2 bridgehead atoms. The van der Waals surface area contributed by atoms with Crippen molar-refractivity contribution >= 4 is 11.9 Å². The lowest BCUT2D eigenvalue weighted by Crippen LogP contribution is -2.66. The number of amides is 1. The molecule has 23 heteroatoms. The Morgan fingerprint density at radius 1 is 0.658 bits per heavy atom. The number of nitrogens with two attached hydrogens (primary N) is 1. The molecule has 0 aromatic heterocycles. The Hall–Kier alpha value is -3.64. The summed E-state index contributed by atoms with van der Waals surface area (Å²) in [6, 6.07) is -2.93. The van der Waals surface area contributed by atoms with Crippen LogP contribution >= 0.6 is 0 Å². The average molecular weight is 1090 g/mol. The minimum Gasteiger partial charge on any atom is -0.462 e. The van der Waals surface area contributed by atoms with Gasteiger partial charge in [0, 0.05) is 37.5 Å². The smallest absolute Gasteiger partial charge is 0.308 e. The minimum atomic E-state index is -2.46. The van der Waals surface area contributed by atoms with E-state index in [1.807, 2.05) is 6.92 Å². The lowest BCUT2D eigenvalue weighted by atomic mass is 9.81. The van der Waals surface area contributed by atoms with Crippen LogP contribution in [0.3, 0.4) is 0 Å². The fourth-order valence-electron chi connectivity index (χ4n) is 9.50. The van der Waals surface area contributed by atoms with Crippen LogP contribution in [0.1, 0.15) is 79.1 Å². The second-order valence-electron chi connectivity index (χ2n) is 20.5. The lowest BCUT2D eigenvalue weighted by Gasteiger charge is -2.47. The van der Waals surface area contributed by atoms with Crippen molar-refractivity contribution in [1.82, 2.24) is 5.32 Å². The Morgan fingerprint density at radius 2 is 1.25 bits per heavy atom. The highest BCUT2D eigenvalue weighted by Gasteiger charge is 2.53. The first-order valence-electron chi connectivity index (χ1n) is 25.9. The largest absolute Gasteiger partial charge is 0.462 e. The van der Waals surface area contributed by atoms with Gasteiger partial charge in [0.2, 0.25) is 5.91 Å². The summed E-state index contributed by atoms with van der Waals surface area (Å²) in [4.78, 5) is 26.9. The van der Waals surface area contributed by atoms with Crippen molar-refractivity contribution in [3.8, 4) is 0 Å². The van der Waals surface area contributed by atoms with Crippen molar-refractivity contribution in [1.29, 1.82) is 0 Å². The van der Waals surface area contributed by atoms with Gasteiger partial charge in [0.15, 0.2) is 18.4 Å². The maximum absolute atomic E-state index is 14.2. The topological polar surface area (TPSA) is 402 Å². The molecule has 432 valence electrons. The number of aliphatic hydroxyl groups excluding tert-OH is 13. The van der Waals surface area contributed by atoms with E-state index in [2.05, 4.69) is 5.32 Å². The quantitative estimate of drug-likeness (QED) is 0.127. The number of carbonyl (C=O) groups is 2. The molecule has 0 spiro atoms. The van der Waals surface area contributed by atoms with E-state index in [-0.39, 0.29) is 25.2 Å². The van der Waals surface area contributed by atoms with E-state index >= 15 is 0 Å². The van der Waals surface area contributed by atoms with Crippen LogP contribution in [0.15, 0.2) is 85.1 Å². The molecule has 0 aromatic carbocycles. The number of allylic oxidation sites excluding steroid dienone is 12. The van der Waals surface area contributed by atoms with E-state index in [1.54, 1.807) is 92.8 Å². The predicted octanol–water partition coefficient (Wildman–Crippen LogP) is -2.46. The van der Waals surface area contributed by atoms with Crippen molar-refractivity contribution < 1.29 is 105 Å². The molecule has 3 fully saturated rings. The summed E-state index contributed by atoms with van der Waals surface area (Å²) in [5.41, 5.74) is 6.10. The standard InChI is InChI=1S/C53H84N2O21/c1-28-17-15-13-11-9-7-5-6-8-10-12-14-16-18-35(74-52-48(67)43(54)46(65)31(4)73-52)24-39-42(50(69)55-44-49(68)47(66)40(27-56)75-51(44)70)38(62)26-53(71,76-39)25-34(59)22-37(61)36(60)20-19-32(57)21-33(58)23-41(63)72-30(3)29(2)45(28)64/h5-18,28-40,42-49,51-52,56-62,64-68,70-71H,19-27,54H2,1-4H3,(H,55,69)/b6-5+,9-7+,10-8+,13-11+,14-12+,17-15+,18-16+/t28-,29?,30-,31+,32+,33+,34-,35-,36+,37+,38-,39?,40+,42?,43-,44+,45+,46+,47+,48-,49+,51?,52?,53+/m0/s1. The third kappa shape index (κ3) is 19.6. The highest BCUT2D eigenvalue weighted by atomic mass is 16.7. The molecule has 76 heavy (non-hydrogen) atoms. The SMILES string of the molecule is CC1[C@H](C)OC(=O)C[C@H](O)C[C@H](O)CC[C@@H](O)[C@H](O)C[C@H](O)C[C@]2(O)C[C@H](O)C(C(=O)N[C@H]3C(O)O[C@H](CO)[C@@H](O)[C@@H]3O)C(C[C@@H](OC3O[C@H](C)[C@@H](O)[C@H](N)[C@@H]3O)/C=C/C=C/C=C/C=C/C=C/C=C/C=C/[C@H](C)[C@H]1O)O2. The Bertz CT molecular complexity index is 1990. The minimum absolute atomic E-state index is 0.154. The molecule has 4 aliphatic heterocycles. The van der Waals surface area contributed by atoms with Crippen molar-refractivity contribution in [2.75, 3.05) is 6.61 Å². The third-order valence-electron chi connectivity index (χ3n) is 14.2. The van der Waals surface area contributed by atoms with Gasteiger partial charge in [-0.25, -0.2) is 0 Å². The second-order valence-corrected chi connectivity index (χ2v) is 20.5. The Kier molecular flexibility index (Phi) is 26.7. The number of hydrogen-bond acceptors (Lipinski definition) is 22. The molecule has 0 radical (unpaired) electrons. The van der Waals surface area contributed by atoms with Crippen molar-refractivity contribution in [2.45, 2.75) is 207 Å². The van der Waals surface area contributed by atoms with Crippen LogP contribution in [0.2, 0.25) is 0 Å². The van der Waals surface area contributed by atoms with E-state index < -0.39 is 191 Å². The molecule has 5 unspecified atom stereocenters. The summed E-state index contributed by atoms with van der Waals surface area (Å²) in [6.07, 6.45) is -5.57. The maximum atomic E-state index is 14.2. The first kappa shape index (κ1) is 64.9. The summed E-state index contributed by atoms with van der Waals surface area (Å²) in [6.45, 7) is 5.88. The van der Waals surface area contributed by atoms with Crippen LogP contribution in [-0.2, 0) is 33.3 Å². The van der Waals surface area contributed by atoms with E-state index in [0.717, 1.165) is 0 Å². The van der Waals surface area contributed by atoms with Gasteiger partial charge >= 0.3 is 5.97 Å². The molecule has 17 N–H and O–H groups in total. The number of hydrogen-bond donors (Lipinski definition) is 16. The molecule has 0 aliphatic carbocycles. The highest BCUT2D eigenvalue weighted by molar-refractivity contribution is 5.80. The fourth-order valence-corrected chi connectivity index (χ4v) is 9.50. The van der Waals surface area contributed by atoms with Gasteiger partial charge in [0.1, 0.15) is 36.6 Å². The molecule has 1 amide bonds. The van der Waals surface area contributed by atoms with Crippen LogP contribution in [0.4, 0.5) is 0 Å². The summed E-state index contributed by atoms with van der Waals surface area (Å²) in [5, 5.41) is 154. The van der Waals surface area contributed by atoms with Crippen LogP contribution in [0.5, 0.6) is 0 Å². The highest BCUT2D eigenvalue weighted by Crippen LogP contribution is 2.39. The molecule has 0 aromatic rings. The number of cyclic esters (lactones) is 1. The molecule has 4 aliphatic rings. The third-order valence-corrected chi connectivity index (χ3v) is 14.2. The lowest BCUT2D eigenvalue weighted by molar-refractivity contribution is -0.307. The molecule has 0 saturated carbocycles. The average Bonchev–Trinajstić information content (AvgIpc) is 3.34. The van der Waals surface area contributed by atoms with Gasteiger partial charge in [-0.2, -0.15) is 0 Å². The molecular formula is C53H84N2O21. The number of rotatable bonds is 5. The van der Waals surface area contributed by atoms with Gasteiger partial charge in [0.25, 0.3) is 0 Å². The van der Waals surface area contributed by atoms with Gasteiger partial charge in [-0.15, -0.1) is 0 Å². The first-order chi connectivity index (χ1) is 35.9. The zero-order chi connectivity index (χ0) is 56.4. The Balaban J connectivity index is 1.65. The monoisotopic (exact) mass is 1080 g/mol. The van der Waals surface area contributed by atoms with Gasteiger partial charge in [-0.1, -0.05) is 98.9 Å². The molecule has 23 nitrogen and oxygen atoms in total. The van der Waals surface area contributed by atoms with Gasteiger partial charge in [-0.05, 0) is 33.1 Å². The van der Waals surface area contributed by atoms with Crippen LogP contribution in [-0.4, -0.2) is 218 Å². The van der Waals surface area contributed by atoms with E-state index in [0.29, 0.717) is 0 Å². The van der Waals surface area contributed by atoms with E-state index in [9.17, 15) is 81.1 Å². The van der Waals surface area contributed by atoms with E-state index in [4.69, 9.17) is 29.4 Å². The number of aliphatic hydroxyl groups is 14. The summed E-state index contributed by atoms with van der Waals surface area (Å²) in [7, 11) is 0. The number of nitrogens with one attached hydrogen (secondary N) is 1. The zero-order valence-electron chi connectivity index (χ0n) is 43.4. The summed E-state index contributed by atoms with van der Waals surface area (Å²) in [5.74, 6) is -6.76. The van der Waals surface area contributed by atoms with Crippen LogP contribution in [0.25, 0.3) is 0 Å². The van der Waals surface area contributed by atoms with E-state index in [1.165, 1.54) is 13.0 Å². The zero-order valence-corrected chi connectivity index (χ0v) is 43.4. The Labute approximate surface area is 443 Å².